The molecule has 0 saturated carbocycles. The van der Waals surface area contributed by atoms with Crippen molar-refractivity contribution >= 4 is 17.4 Å². The predicted octanol–water partition coefficient (Wildman–Crippen LogP) is 3.35. The van der Waals surface area contributed by atoms with Gasteiger partial charge in [0.25, 0.3) is 0 Å². The first-order valence-electron chi connectivity index (χ1n) is 4.30. The van der Waals surface area contributed by atoms with Crippen LogP contribution in [-0.2, 0) is 0 Å². The minimum atomic E-state index is -0.446. The van der Waals surface area contributed by atoms with Crippen molar-refractivity contribution in [3.63, 3.8) is 0 Å². The van der Waals surface area contributed by atoms with Crippen LogP contribution in [0.15, 0.2) is 35.9 Å². The molecule has 0 aromatic carbocycles. The van der Waals surface area contributed by atoms with E-state index in [4.69, 9.17) is 0 Å². The Labute approximate surface area is 91.1 Å². The van der Waals surface area contributed by atoms with E-state index in [1.54, 1.807) is 18.6 Å². The number of thiophene rings is 1. The summed E-state index contributed by atoms with van der Waals surface area (Å²) in [6, 6.07) is 1.86. The first-order valence-corrected chi connectivity index (χ1v) is 5.18. The van der Waals surface area contributed by atoms with Gasteiger partial charge in [0.2, 0.25) is 0 Å². The summed E-state index contributed by atoms with van der Waals surface area (Å²) in [6.07, 6.45) is 6.32. The van der Waals surface area contributed by atoms with Crippen LogP contribution in [0.3, 0.4) is 0 Å². The molecule has 1 radical (unpaired) electrons. The van der Waals surface area contributed by atoms with Crippen molar-refractivity contribution < 1.29 is 4.39 Å². The number of aromatic nitrogens is 2. The van der Waals surface area contributed by atoms with Crippen LogP contribution in [0.25, 0.3) is 16.6 Å². The average molecular weight is 219 g/mol. The Kier molecular flexibility index (Phi) is 2.87. The molecule has 2 heterocycles. The van der Waals surface area contributed by atoms with Gasteiger partial charge in [-0.2, -0.15) is 0 Å². The Balaban J connectivity index is 2.32. The van der Waals surface area contributed by atoms with Gasteiger partial charge in [0.1, 0.15) is 5.83 Å². The highest BCUT2D eigenvalue weighted by Crippen LogP contribution is 2.26. The third kappa shape index (κ3) is 2.47. The van der Waals surface area contributed by atoms with Crippen molar-refractivity contribution in [1.29, 1.82) is 0 Å². The third-order valence-electron chi connectivity index (χ3n) is 1.76. The van der Waals surface area contributed by atoms with Crippen molar-refractivity contribution in [2.45, 2.75) is 0 Å². The Morgan fingerprint density at radius 2 is 2.33 bits per heavy atom. The summed E-state index contributed by atoms with van der Waals surface area (Å²) in [5, 5.41) is 1.86. The first-order chi connectivity index (χ1) is 7.25. The molecule has 2 nitrogen and oxygen atoms in total. The molecule has 15 heavy (non-hydrogen) atoms. The zero-order chi connectivity index (χ0) is 10.7. The van der Waals surface area contributed by atoms with E-state index in [-0.39, 0.29) is 0 Å². The largest absolute Gasteiger partial charge is 0.261 e. The molecule has 4 heteroatoms. The van der Waals surface area contributed by atoms with Gasteiger partial charge in [-0.15, -0.1) is 11.3 Å². The van der Waals surface area contributed by atoms with Gasteiger partial charge in [-0.25, -0.2) is 4.39 Å². The van der Waals surface area contributed by atoms with Gasteiger partial charge >= 0.3 is 0 Å². The van der Waals surface area contributed by atoms with Gasteiger partial charge in [0, 0.05) is 19.3 Å². The van der Waals surface area contributed by atoms with Crippen LogP contribution in [-0.4, -0.2) is 9.97 Å². The summed E-state index contributed by atoms with van der Waals surface area (Å²) in [7, 11) is 0. The Morgan fingerprint density at radius 1 is 1.47 bits per heavy atom. The fourth-order valence-corrected chi connectivity index (χ4v) is 2.00. The standard InChI is InChI=1S/C11H8FN2S/c1-8(12)4-9-5-11(15-7-9)10-6-13-2-3-14-10/h2-7H,1H2/b8-4+. The Hall–Kier alpha value is -1.55. The van der Waals surface area contributed by atoms with Gasteiger partial charge in [-0.05, 0) is 23.1 Å². The number of allylic oxidation sites excluding steroid dienone is 1. The van der Waals surface area contributed by atoms with Crippen LogP contribution in [0.2, 0.25) is 0 Å². The van der Waals surface area contributed by atoms with Crippen molar-refractivity contribution in [3.8, 4) is 10.6 Å². The molecule has 75 valence electrons. The van der Waals surface area contributed by atoms with Crippen molar-refractivity contribution in [3.05, 3.63) is 48.4 Å². The molecule has 2 aromatic heterocycles. The van der Waals surface area contributed by atoms with Crippen LogP contribution in [0.1, 0.15) is 5.56 Å². The second-order valence-corrected chi connectivity index (χ2v) is 3.84. The summed E-state index contributed by atoms with van der Waals surface area (Å²) in [4.78, 5) is 9.10. The van der Waals surface area contributed by atoms with E-state index in [0.717, 1.165) is 16.1 Å². The predicted molar refractivity (Wildman–Crippen MR) is 59.8 cm³/mol. The molecular weight excluding hydrogens is 211 g/mol. The highest BCUT2D eigenvalue weighted by molar-refractivity contribution is 7.13. The first kappa shape index (κ1) is 9.98. The van der Waals surface area contributed by atoms with Gasteiger partial charge < -0.3 is 0 Å². The number of nitrogens with zero attached hydrogens (tertiary/aromatic N) is 2. The summed E-state index contributed by atoms with van der Waals surface area (Å²) in [6.45, 7) is 3.19. The quantitative estimate of drug-likeness (QED) is 0.774. The molecule has 2 aromatic rings. The minimum Gasteiger partial charge on any atom is -0.261 e. The lowest BCUT2D eigenvalue weighted by Crippen LogP contribution is -1.79. The van der Waals surface area contributed by atoms with E-state index >= 15 is 0 Å². The van der Waals surface area contributed by atoms with Crippen LogP contribution in [0, 0.1) is 6.92 Å². The molecule has 2 rings (SSSR count). The fourth-order valence-electron chi connectivity index (χ4n) is 1.17. The van der Waals surface area contributed by atoms with E-state index in [0.29, 0.717) is 0 Å². The van der Waals surface area contributed by atoms with Crippen molar-refractivity contribution in [2.75, 3.05) is 0 Å². The molecule has 0 saturated heterocycles. The molecular formula is C11H8FN2S. The number of hydrogen-bond donors (Lipinski definition) is 0. The lowest BCUT2D eigenvalue weighted by molar-refractivity contribution is 0.673. The zero-order valence-electron chi connectivity index (χ0n) is 7.85. The van der Waals surface area contributed by atoms with Gasteiger partial charge in [-0.3, -0.25) is 9.97 Å². The zero-order valence-corrected chi connectivity index (χ0v) is 8.67. The van der Waals surface area contributed by atoms with E-state index in [1.807, 2.05) is 11.4 Å². The summed E-state index contributed by atoms with van der Waals surface area (Å²) in [5.41, 5.74) is 1.60. The van der Waals surface area contributed by atoms with Crippen molar-refractivity contribution in [2.24, 2.45) is 0 Å². The average Bonchev–Trinajstić information content (AvgIpc) is 2.67. The number of rotatable bonds is 2. The summed E-state index contributed by atoms with van der Waals surface area (Å²) >= 11 is 1.50. The monoisotopic (exact) mass is 219 g/mol. The van der Waals surface area contributed by atoms with Crippen LogP contribution < -0.4 is 0 Å². The topological polar surface area (TPSA) is 25.8 Å². The summed E-state index contributed by atoms with van der Waals surface area (Å²) in [5.74, 6) is -0.446. The fraction of sp³-hybridized carbons (Fsp3) is 0. The SMILES string of the molecule is [CH2]/C(F)=C\c1csc(-c2cnccn2)c1. The highest BCUT2D eigenvalue weighted by Gasteiger charge is 2.02. The molecule has 0 amide bonds. The van der Waals surface area contributed by atoms with Gasteiger partial charge in [0.15, 0.2) is 0 Å². The van der Waals surface area contributed by atoms with E-state index < -0.39 is 5.83 Å². The Morgan fingerprint density at radius 3 is 3.00 bits per heavy atom. The second kappa shape index (κ2) is 4.31. The van der Waals surface area contributed by atoms with E-state index in [2.05, 4.69) is 16.9 Å². The van der Waals surface area contributed by atoms with E-state index in [1.165, 1.54) is 17.4 Å². The molecule has 0 atom stereocenters. The van der Waals surface area contributed by atoms with Crippen LogP contribution in [0.4, 0.5) is 4.39 Å². The maximum atomic E-state index is 12.5. The molecule has 0 spiro atoms. The molecule has 0 bridgehead atoms. The maximum Gasteiger partial charge on any atom is 0.101 e. The summed E-state index contributed by atoms with van der Waals surface area (Å²) < 4.78 is 12.5. The van der Waals surface area contributed by atoms with Crippen LogP contribution >= 0.6 is 11.3 Å². The molecule has 0 unspecified atom stereocenters. The number of hydrogen-bond acceptors (Lipinski definition) is 3. The molecule has 0 N–H and O–H groups in total. The molecule has 0 aliphatic carbocycles. The molecule has 0 aliphatic heterocycles. The highest BCUT2D eigenvalue weighted by atomic mass is 32.1. The smallest absolute Gasteiger partial charge is 0.101 e. The molecule has 0 aliphatic rings. The van der Waals surface area contributed by atoms with Crippen molar-refractivity contribution in [1.82, 2.24) is 9.97 Å². The lowest BCUT2D eigenvalue weighted by Gasteiger charge is -1.92. The molecule has 0 fully saturated rings. The van der Waals surface area contributed by atoms with Gasteiger partial charge in [0.05, 0.1) is 16.8 Å². The van der Waals surface area contributed by atoms with E-state index in [9.17, 15) is 4.39 Å². The van der Waals surface area contributed by atoms with Crippen LogP contribution in [0.5, 0.6) is 0 Å². The third-order valence-corrected chi connectivity index (χ3v) is 2.73. The maximum absolute atomic E-state index is 12.5. The lowest BCUT2D eigenvalue weighted by atomic mass is 10.2. The van der Waals surface area contributed by atoms with Gasteiger partial charge in [-0.1, -0.05) is 0 Å². The number of halogens is 1. The minimum absolute atomic E-state index is 0.446. The second-order valence-electron chi connectivity index (χ2n) is 2.93. The normalized spacial score (nSPS) is 11.7. The Bertz CT molecular complexity index is 472.